The third-order valence-electron chi connectivity index (χ3n) is 11.9. The van der Waals surface area contributed by atoms with Gasteiger partial charge in [-0.3, -0.25) is 0 Å². The zero-order valence-corrected chi connectivity index (χ0v) is 29.0. The van der Waals surface area contributed by atoms with Gasteiger partial charge in [0, 0.05) is 20.2 Å². The van der Waals surface area contributed by atoms with Gasteiger partial charge in [0.15, 0.2) is 0 Å². The Morgan fingerprint density at radius 2 is 0.788 bits per heavy atom. The second kappa shape index (κ2) is 10.4. The van der Waals surface area contributed by atoms with E-state index in [4.69, 9.17) is 0 Å². The summed E-state index contributed by atoms with van der Waals surface area (Å²) in [5.41, 5.74) is 15.6. The fourth-order valence-electron chi connectivity index (χ4n) is 9.62. The van der Waals surface area contributed by atoms with Crippen molar-refractivity contribution in [2.75, 3.05) is 0 Å². The molecule has 0 atom stereocenters. The van der Waals surface area contributed by atoms with Crippen LogP contribution in [0.3, 0.4) is 0 Å². The van der Waals surface area contributed by atoms with Crippen LogP contribution in [0.5, 0.6) is 0 Å². The Labute approximate surface area is 305 Å². The van der Waals surface area contributed by atoms with E-state index < -0.39 is 0 Å². The van der Waals surface area contributed by atoms with Crippen LogP contribution in [0, 0.1) is 0 Å². The molecule has 0 saturated carbocycles. The van der Waals surface area contributed by atoms with Crippen molar-refractivity contribution < 1.29 is 0 Å². The van der Waals surface area contributed by atoms with Crippen LogP contribution < -0.4 is 0 Å². The normalized spacial score (nSPS) is 13.5. The summed E-state index contributed by atoms with van der Waals surface area (Å²) in [5.74, 6) is 0. The number of hydrogen-bond acceptors (Lipinski definition) is 1. The van der Waals surface area contributed by atoms with Gasteiger partial charge in [-0.25, -0.2) is 0 Å². The Hall–Kier alpha value is -6.28. The third-order valence-corrected chi connectivity index (χ3v) is 13.0. The predicted octanol–water partition coefficient (Wildman–Crippen LogP) is 14.0. The summed E-state index contributed by atoms with van der Waals surface area (Å²) >= 11 is 1.87. The van der Waals surface area contributed by atoms with Crippen molar-refractivity contribution in [3.63, 3.8) is 0 Å². The lowest BCUT2D eigenvalue weighted by molar-refractivity contribution is 0.801. The lowest BCUT2D eigenvalue weighted by Gasteiger charge is -2.31. The van der Waals surface area contributed by atoms with Crippen LogP contribution in [0.25, 0.3) is 86.2 Å². The highest BCUT2D eigenvalue weighted by Crippen LogP contribution is 2.64. The molecule has 240 valence electrons. The van der Waals surface area contributed by atoms with Gasteiger partial charge >= 0.3 is 0 Å². The standard InChI is InChI=1S/C51H30S/c1-5-13-45-39(9-1)40-10-2-6-14-46(40)51(45)47-15-7-3-11-41(47)43-25-22-37-29-35(21-24-38(37)50(43)51)33-18-17-32-28-34(20-19-31(32)27-33)36-23-26-49-44(30-36)42-12-4-8-16-48(42)52-49/h1-30H. The fourth-order valence-corrected chi connectivity index (χ4v) is 10.7. The molecule has 1 spiro atoms. The molecule has 0 unspecified atom stereocenters. The van der Waals surface area contributed by atoms with Gasteiger partial charge in [0.05, 0.1) is 5.41 Å². The van der Waals surface area contributed by atoms with Crippen molar-refractivity contribution in [3.05, 3.63) is 204 Å². The molecule has 0 N–H and O–H groups in total. The molecule has 52 heavy (non-hydrogen) atoms. The predicted molar refractivity (Wildman–Crippen MR) is 222 cm³/mol. The van der Waals surface area contributed by atoms with Gasteiger partial charge in [0.1, 0.15) is 0 Å². The maximum Gasteiger partial charge on any atom is 0.0731 e. The molecular formula is C51H30S. The van der Waals surface area contributed by atoms with E-state index >= 15 is 0 Å². The van der Waals surface area contributed by atoms with Crippen molar-refractivity contribution >= 4 is 53.1 Å². The topological polar surface area (TPSA) is 0 Å². The summed E-state index contributed by atoms with van der Waals surface area (Å²) in [6, 6.07) is 68.5. The SMILES string of the molecule is c1ccc2c(c1)-c1ccccc1C21c2ccccc2-c2ccc3cc(-c4ccc5cc(-c6ccc7sc8ccccc8c7c6)ccc5c4)ccc3c21. The molecular weight excluding hydrogens is 645 g/mol. The Kier molecular flexibility index (Phi) is 5.68. The van der Waals surface area contributed by atoms with Gasteiger partial charge in [0.25, 0.3) is 0 Å². The van der Waals surface area contributed by atoms with E-state index in [0.29, 0.717) is 0 Å². The van der Waals surface area contributed by atoms with Crippen LogP contribution in [0.1, 0.15) is 22.3 Å². The maximum absolute atomic E-state index is 2.40. The van der Waals surface area contributed by atoms with E-state index in [1.54, 1.807) is 0 Å². The van der Waals surface area contributed by atoms with Gasteiger partial charge in [-0.2, -0.15) is 0 Å². The van der Waals surface area contributed by atoms with E-state index in [2.05, 4.69) is 182 Å². The first-order valence-electron chi connectivity index (χ1n) is 18.1. The largest absolute Gasteiger partial charge is 0.135 e. The number of hydrogen-bond donors (Lipinski definition) is 0. The van der Waals surface area contributed by atoms with E-state index in [-0.39, 0.29) is 5.41 Å². The minimum Gasteiger partial charge on any atom is -0.135 e. The first-order valence-corrected chi connectivity index (χ1v) is 18.9. The Bertz CT molecular complexity index is 3080. The molecule has 1 aromatic heterocycles. The molecule has 0 nitrogen and oxygen atoms in total. The Balaban J connectivity index is 0.985. The first-order chi connectivity index (χ1) is 25.8. The molecule has 2 aliphatic carbocycles. The maximum atomic E-state index is 2.40. The van der Waals surface area contributed by atoms with E-state index in [0.717, 1.165) is 0 Å². The summed E-state index contributed by atoms with van der Waals surface area (Å²) < 4.78 is 2.69. The average Bonchev–Trinajstić information content (AvgIpc) is 3.84. The summed E-state index contributed by atoms with van der Waals surface area (Å²) in [4.78, 5) is 0. The summed E-state index contributed by atoms with van der Waals surface area (Å²) in [7, 11) is 0. The van der Waals surface area contributed by atoms with Crippen molar-refractivity contribution in [1.29, 1.82) is 0 Å². The van der Waals surface area contributed by atoms with E-state index in [1.165, 1.54) is 108 Å². The lowest BCUT2D eigenvalue weighted by atomic mass is 9.69. The van der Waals surface area contributed by atoms with Gasteiger partial charge in [-0.05, 0) is 125 Å². The second-order valence-electron chi connectivity index (χ2n) is 14.4. The van der Waals surface area contributed by atoms with Crippen molar-refractivity contribution in [3.8, 4) is 44.5 Å². The van der Waals surface area contributed by atoms with Crippen molar-refractivity contribution in [1.82, 2.24) is 0 Å². The third kappa shape index (κ3) is 3.71. The van der Waals surface area contributed by atoms with E-state index in [1.807, 2.05) is 11.3 Å². The Morgan fingerprint density at radius 1 is 0.308 bits per heavy atom. The highest BCUT2D eigenvalue weighted by Gasteiger charge is 2.52. The van der Waals surface area contributed by atoms with Gasteiger partial charge in [-0.15, -0.1) is 11.3 Å². The average molecular weight is 675 g/mol. The quantitative estimate of drug-likeness (QED) is 0.171. The lowest BCUT2D eigenvalue weighted by Crippen LogP contribution is -2.26. The molecule has 0 bridgehead atoms. The molecule has 9 aromatic carbocycles. The monoisotopic (exact) mass is 674 g/mol. The van der Waals surface area contributed by atoms with Crippen LogP contribution in [0.4, 0.5) is 0 Å². The number of fused-ring (bicyclic) bond motifs is 16. The minimum atomic E-state index is -0.345. The van der Waals surface area contributed by atoms with Crippen molar-refractivity contribution in [2.24, 2.45) is 0 Å². The molecule has 1 heteroatoms. The first kappa shape index (κ1) is 28.4. The molecule has 2 aliphatic rings. The molecule has 12 rings (SSSR count). The van der Waals surface area contributed by atoms with Crippen LogP contribution in [-0.2, 0) is 5.41 Å². The molecule has 0 fully saturated rings. The summed E-state index contributed by atoms with van der Waals surface area (Å²) in [6.45, 7) is 0. The van der Waals surface area contributed by atoms with Crippen LogP contribution in [0.2, 0.25) is 0 Å². The Morgan fingerprint density at radius 3 is 1.46 bits per heavy atom. The summed E-state index contributed by atoms with van der Waals surface area (Å²) in [5, 5.41) is 7.79. The molecule has 0 amide bonds. The molecule has 1 heterocycles. The number of benzene rings is 9. The molecule has 10 aromatic rings. The summed E-state index contributed by atoms with van der Waals surface area (Å²) in [6.07, 6.45) is 0. The minimum absolute atomic E-state index is 0.345. The van der Waals surface area contributed by atoms with Crippen molar-refractivity contribution in [2.45, 2.75) is 5.41 Å². The fraction of sp³-hybridized carbons (Fsp3) is 0.0196. The molecule has 0 aliphatic heterocycles. The number of rotatable bonds is 2. The molecule has 0 saturated heterocycles. The number of thiophene rings is 1. The van der Waals surface area contributed by atoms with Gasteiger partial charge < -0.3 is 0 Å². The zero-order valence-electron chi connectivity index (χ0n) is 28.2. The van der Waals surface area contributed by atoms with Crippen LogP contribution >= 0.6 is 11.3 Å². The highest BCUT2D eigenvalue weighted by molar-refractivity contribution is 7.25. The van der Waals surface area contributed by atoms with Gasteiger partial charge in [-0.1, -0.05) is 146 Å². The van der Waals surface area contributed by atoms with Gasteiger partial charge in [0.2, 0.25) is 0 Å². The highest BCUT2D eigenvalue weighted by atomic mass is 32.1. The smallest absolute Gasteiger partial charge is 0.0731 e. The zero-order chi connectivity index (χ0) is 34.0. The van der Waals surface area contributed by atoms with E-state index in [9.17, 15) is 0 Å². The van der Waals surface area contributed by atoms with Crippen LogP contribution in [-0.4, -0.2) is 0 Å². The molecule has 0 radical (unpaired) electrons. The second-order valence-corrected chi connectivity index (χ2v) is 15.5. The van der Waals surface area contributed by atoms with Crippen LogP contribution in [0.15, 0.2) is 182 Å².